The van der Waals surface area contributed by atoms with Crippen LogP contribution in [0.15, 0.2) is 60.9 Å². The van der Waals surface area contributed by atoms with E-state index in [4.69, 9.17) is 0 Å². The summed E-state index contributed by atoms with van der Waals surface area (Å²) in [4.78, 5) is 22.8. The van der Waals surface area contributed by atoms with Gasteiger partial charge >= 0.3 is 0 Å². The van der Waals surface area contributed by atoms with E-state index in [1.807, 2.05) is 74.4 Å². The van der Waals surface area contributed by atoms with Crippen LogP contribution in [-0.4, -0.2) is 30.0 Å². The summed E-state index contributed by atoms with van der Waals surface area (Å²) in [6.07, 6.45) is 3.01. The van der Waals surface area contributed by atoms with Crippen LogP contribution in [-0.2, 0) is 0 Å². The first kappa shape index (κ1) is 17.4. The Kier molecular flexibility index (Phi) is 5.12. The van der Waals surface area contributed by atoms with E-state index in [0.29, 0.717) is 5.82 Å². The maximum atomic E-state index is 12.3. The molecule has 132 valence electrons. The SMILES string of the molecule is Cc1ccccc1NC(=O)c1cnc(Nc2ccc(N(C)C)cc2)cn1. The quantitative estimate of drug-likeness (QED) is 0.734. The number of nitrogens with zero attached hydrogens (tertiary/aromatic N) is 3. The molecular formula is C20H21N5O. The number of anilines is 4. The molecule has 0 saturated heterocycles. The molecule has 0 saturated carbocycles. The van der Waals surface area contributed by atoms with Gasteiger partial charge in [-0.3, -0.25) is 4.79 Å². The van der Waals surface area contributed by atoms with E-state index in [2.05, 4.69) is 20.6 Å². The molecule has 1 heterocycles. The Morgan fingerprint density at radius 3 is 2.31 bits per heavy atom. The van der Waals surface area contributed by atoms with Gasteiger partial charge in [0.2, 0.25) is 0 Å². The second-order valence-electron chi connectivity index (χ2n) is 6.12. The first-order chi connectivity index (χ1) is 12.5. The van der Waals surface area contributed by atoms with Crippen LogP contribution in [0.3, 0.4) is 0 Å². The van der Waals surface area contributed by atoms with E-state index >= 15 is 0 Å². The lowest BCUT2D eigenvalue weighted by atomic mass is 10.2. The molecule has 0 spiro atoms. The summed E-state index contributed by atoms with van der Waals surface area (Å²) in [6, 6.07) is 15.6. The summed E-state index contributed by atoms with van der Waals surface area (Å²) in [5.74, 6) is 0.295. The van der Waals surface area contributed by atoms with Gasteiger partial charge < -0.3 is 15.5 Å². The molecule has 3 aromatic rings. The van der Waals surface area contributed by atoms with Crippen molar-refractivity contribution in [2.24, 2.45) is 0 Å². The Morgan fingerprint density at radius 1 is 0.962 bits per heavy atom. The van der Waals surface area contributed by atoms with E-state index in [9.17, 15) is 4.79 Å². The number of benzene rings is 2. The number of carbonyl (C=O) groups excluding carboxylic acids is 1. The van der Waals surface area contributed by atoms with Crippen LogP contribution in [0.4, 0.5) is 22.9 Å². The second kappa shape index (κ2) is 7.65. The Bertz CT molecular complexity index is 889. The first-order valence-electron chi connectivity index (χ1n) is 8.26. The Hall–Kier alpha value is -3.41. The van der Waals surface area contributed by atoms with Crippen molar-refractivity contribution in [3.63, 3.8) is 0 Å². The highest BCUT2D eigenvalue weighted by Gasteiger charge is 2.09. The minimum Gasteiger partial charge on any atom is -0.378 e. The summed E-state index contributed by atoms with van der Waals surface area (Å²) >= 11 is 0. The van der Waals surface area contributed by atoms with Crippen LogP contribution in [0, 0.1) is 6.92 Å². The number of para-hydroxylation sites is 1. The molecule has 3 rings (SSSR count). The van der Waals surface area contributed by atoms with E-state index in [0.717, 1.165) is 22.6 Å². The number of nitrogens with one attached hydrogen (secondary N) is 2. The number of amides is 1. The molecule has 0 aliphatic carbocycles. The summed E-state index contributed by atoms with van der Waals surface area (Å²) in [5, 5.41) is 6.02. The highest BCUT2D eigenvalue weighted by Crippen LogP contribution is 2.19. The van der Waals surface area contributed by atoms with Gasteiger partial charge in [0.05, 0.1) is 12.4 Å². The van der Waals surface area contributed by atoms with Crippen molar-refractivity contribution >= 4 is 28.8 Å². The number of hydrogen-bond donors (Lipinski definition) is 2. The van der Waals surface area contributed by atoms with Crippen molar-refractivity contribution in [3.05, 3.63) is 72.2 Å². The lowest BCUT2D eigenvalue weighted by Gasteiger charge is -2.13. The first-order valence-corrected chi connectivity index (χ1v) is 8.26. The highest BCUT2D eigenvalue weighted by atomic mass is 16.1. The average molecular weight is 347 g/mol. The summed E-state index contributed by atoms with van der Waals surface area (Å²) in [5.41, 5.74) is 4.05. The van der Waals surface area contributed by atoms with Gasteiger partial charge in [0.25, 0.3) is 5.91 Å². The fourth-order valence-corrected chi connectivity index (χ4v) is 2.40. The Balaban J connectivity index is 1.66. The highest BCUT2D eigenvalue weighted by molar-refractivity contribution is 6.03. The lowest BCUT2D eigenvalue weighted by Crippen LogP contribution is -2.15. The van der Waals surface area contributed by atoms with Crippen molar-refractivity contribution in [2.45, 2.75) is 6.92 Å². The predicted molar refractivity (Wildman–Crippen MR) is 105 cm³/mol. The van der Waals surface area contributed by atoms with Crippen LogP contribution in [0.1, 0.15) is 16.1 Å². The van der Waals surface area contributed by atoms with E-state index in [-0.39, 0.29) is 11.6 Å². The monoisotopic (exact) mass is 347 g/mol. The lowest BCUT2D eigenvalue weighted by molar-refractivity contribution is 0.102. The third-order valence-electron chi connectivity index (χ3n) is 3.93. The van der Waals surface area contributed by atoms with Crippen molar-refractivity contribution in [1.82, 2.24) is 9.97 Å². The molecule has 0 aliphatic rings. The van der Waals surface area contributed by atoms with Crippen LogP contribution in [0.2, 0.25) is 0 Å². The minimum absolute atomic E-state index is 0.266. The maximum absolute atomic E-state index is 12.3. The zero-order valence-electron chi connectivity index (χ0n) is 15.0. The van der Waals surface area contributed by atoms with Gasteiger partial charge in [0, 0.05) is 31.2 Å². The van der Waals surface area contributed by atoms with Crippen molar-refractivity contribution in [2.75, 3.05) is 29.6 Å². The molecular weight excluding hydrogens is 326 g/mol. The van der Waals surface area contributed by atoms with Gasteiger partial charge in [-0.05, 0) is 42.8 Å². The van der Waals surface area contributed by atoms with E-state index in [1.165, 1.54) is 6.20 Å². The van der Waals surface area contributed by atoms with Crippen molar-refractivity contribution in [1.29, 1.82) is 0 Å². The molecule has 6 nitrogen and oxygen atoms in total. The Labute approximate surface area is 152 Å². The second-order valence-corrected chi connectivity index (χ2v) is 6.12. The standard InChI is InChI=1S/C20H21N5O/c1-14-6-4-5-7-17(14)24-20(26)18-12-22-19(13-21-18)23-15-8-10-16(11-9-15)25(2)3/h4-13H,1-3H3,(H,22,23)(H,24,26). The van der Waals surface area contributed by atoms with Crippen LogP contribution < -0.4 is 15.5 Å². The molecule has 6 heteroatoms. The molecule has 0 atom stereocenters. The molecule has 0 fully saturated rings. The van der Waals surface area contributed by atoms with Gasteiger partial charge in [0.1, 0.15) is 11.5 Å². The summed E-state index contributed by atoms with van der Waals surface area (Å²) < 4.78 is 0. The van der Waals surface area contributed by atoms with Crippen LogP contribution >= 0.6 is 0 Å². The van der Waals surface area contributed by atoms with Gasteiger partial charge in [-0.1, -0.05) is 18.2 Å². The number of carbonyl (C=O) groups is 1. The Morgan fingerprint density at radius 2 is 1.69 bits per heavy atom. The van der Waals surface area contributed by atoms with Gasteiger partial charge in [0.15, 0.2) is 0 Å². The molecule has 2 aromatic carbocycles. The zero-order valence-corrected chi connectivity index (χ0v) is 15.0. The third-order valence-corrected chi connectivity index (χ3v) is 3.93. The minimum atomic E-state index is -0.284. The van der Waals surface area contributed by atoms with Gasteiger partial charge in [-0.15, -0.1) is 0 Å². The maximum Gasteiger partial charge on any atom is 0.275 e. The largest absolute Gasteiger partial charge is 0.378 e. The summed E-state index contributed by atoms with van der Waals surface area (Å²) in [7, 11) is 3.99. The fourth-order valence-electron chi connectivity index (χ4n) is 2.40. The molecule has 0 aliphatic heterocycles. The normalized spacial score (nSPS) is 10.3. The van der Waals surface area contributed by atoms with Crippen molar-refractivity contribution < 1.29 is 4.79 Å². The van der Waals surface area contributed by atoms with E-state index < -0.39 is 0 Å². The number of aromatic nitrogens is 2. The average Bonchev–Trinajstić information content (AvgIpc) is 2.64. The molecule has 1 amide bonds. The number of hydrogen-bond acceptors (Lipinski definition) is 5. The van der Waals surface area contributed by atoms with Gasteiger partial charge in [-0.2, -0.15) is 0 Å². The third kappa shape index (κ3) is 4.16. The van der Waals surface area contributed by atoms with Crippen molar-refractivity contribution in [3.8, 4) is 0 Å². The molecule has 2 N–H and O–H groups in total. The molecule has 0 radical (unpaired) electrons. The fraction of sp³-hybridized carbons (Fsp3) is 0.150. The molecule has 0 unspecified atom stereocenters. The topological polar surface area (TPSA) is 70.2 Å². The smallest absolute Gasteiger partial charge is 0.275 e. The van der Waals surface area contributed by atoms with Crippen LogP contribution in [0.5, 0.6) is 0 Å². The molecule has 0 bridgehead atoms. The van der Waals surface area contributed by atoms with Crippen LogP contribution in [0.25, 0.3) is 0 Å². The molecule has 1 aromatic heterocycles. The molecule has 26 heavy (non-hydrogen) atoms. The zero-order chi connectivity index (χ0) is 18.5. The number of aryl methyl sites for hydroxylation is 1. The van der Waals surface area contributed by atoms with E-state index in [1.54, 1.807) is 6.20 Å². The van der Waals surface area contributed by atoms with Gasteiger partial charge in [-0.25, -0.2) is 9.97 Å². The predicted octanol–water partition coefficient (Wildman–Crippen LogP) is 3.85. The number of rotatable bonds is 5. The summed E-state index contributed by atoms with van der Waals surface area (Å²) in [6.45, 7) is 1.94.